The van der Waals surface area contributed by atoms with E-state index in [-0.39, 0.29) is 12.0 Å². The van der Waals surface area contributed by atoms with Crippen LogP contribution in [0.1, 0.15) is 20.3 Å². The predicted molar refractivity (Wildman–Crippen MR) is 66.3 cm³/mol. The molecule has 1 heterocycles. The Balaban J connectivity index is 2.92. The highest BCUT2D eigenvalue weighted by Crippen LogP contribution is 2.21. The Kier molecular flexibility index (Phi) is 6.21. The van der Waals surface area contributed by atoms with Crippen LogP contribution in [-0.2, 0) is 0 Å². The van der Waals surface area contributed by atoms with Gasteiger partial charge in [0, 0.05) is 6.04 Å². The Morgan fingerprint density at radius 1 is 0.913 bits per heavy atom. The average molecular weight is 348 g/mol. The lowest BCUT2D eigenvalue weighted by Gasteiger charge is -2.14. The third kappa shape index (κ3) is 8.26. The smallest absolute Gasteiger partial charge is 0.422 e. The van der Waals surface area contributed by atoms with Gasteiger partial charge in [-0.2, -0.15) is 36.3 Å². The molecule has 1 aromatic heterocycles. The van der Waals surface area contributed by atoms with Crippen molar-refractivity contribution in [2.75, 3.05) is 18.5 Å². The highest BCUT2D eigenvalue weighted by molar-refractivity contribution is 5.28. The number of rotatable bonds is 7. The molecule has 0 aliphatic heterocycles. The molecule has 1 N–H and O–H groups in total. The minimum absolute atomic E-state index is 0.177. The SMILES string of the molecule is CC[C@@H](C)Nc1nc(OCC(F)(F)F)nc(OCC(F)(F)F)n1. The van der Waals surface area contributed by atoms with E-state index in [0.29, 0.717) is 6.42 Å². The summed E-state index contributed by atoms with van der Waals surface area (Å²) in [5, 5.41) is 2.68. The van der Waals surface area contributed by atoms with E-state index in [1.807, 2.05) is 0 Å². The number of alkyl halides is 6. The molecule has 6 nitrogen and oxygen atoms in total. The van der Waals surface area contributed by atoms with Crippen LogP contribution in [0, 0.1) is 0 Å². The van der Waals surface area contributed by atoms with Crippen molar-refractivity contribution in [1.82, 2.24) is 15.0 Å². The number of aromatic nitrogens is 3. The van der Waals surface area contributed by atoms with E-state index in [2.05, 4.69) is 29.7 Å². The number of hydrogen-bond donors (Lipinski definition) is 1. The maximum atomic E-state index is 12.1. The first kappa shape index (κ1) is 19.0. The van der Waals surface area contributed by atoms with Gasteiger partial charge in [-0.1, -0.05) is 6.92 Å². The monoisotopic (exact) mass is 348 g/mol. The van der Waals surface area contributed by atoms with E-state index >= 15 is 0 Å². The molecular formula is C11H14F6N4O2. The van der Waals surface area contributed by atoms with Crippen LogP contribution >= 0.6 is 0 Å². The van der Waals surface area contributed by atoms with Gasteiger partial charge >= 0.3 is 24.4 Å². The molecule has 0 bridgehead atoms. The molecule has 1 aromatic rings. The van der Waals surface area contributed by atoms with Gasteiger partial charge in [0.25, 0.3) is 0 Å². The van der Waals surface area contributed by atoms with E-state index in [0.717, 1.165) is 0 Å². The third-order valence-electron chi connectivity index (χ3n) is 2.31. The molecule has 0 saturated carbocycles. The zero-order valence-corrected chi connectivity index (χ0v) is 12.1. The lowest BCUT2D eigenvalue weighted by atomic mass is 10.3. The summed E-state index contributed by atoms with van der Waals surface area (Å²) in [5.74, 6) is -0.247. The highest BCUT2D eigenvalue weighted by atomic mass is 19.4. The maximum absolute atomic E-state index is 12.1. The van der Waals surface area contributed by atoms with Crippen molar-refractivity contribution >= 4 is 5.95 Å². The fourth-order valence-electron chi connectivity index (χ4n) is 1.15. The first-order valence-corrected chi connectivity index (χ1v) is 6.40. The Morgan fingerprint density at radius 2 is 1.35 bits per heavy atom. The molecule has 0 radical (unpaired) electrons. The lowest BCUT2D eigenvalue weighted by molar-refractivity contribution is -0.156. The molecule has 132 valence electrons. The molecule has 0 saturated heterocycles. The summed E-state index contributed by atoms with van der Waals surface area (Å²) in [6, 6.07) is -1.76. The molecule has 0 fully saturated rings. The van der Waals surface area contributed by atoms with Gasteiger partial charge in [-0.3, -0.25) is 0 Å². The zero-order valence-electron chi connectivity index (χ0n) is 12.1. The maximum Gasteiger partial charge on any atom is 0.422 e. The van der Waals surface area contributed by atoms with Crippen LogP contribution in [0.5, 0.6) is 12.0 Å². The second-order valence-electron chi connectivity index (χ2n) is 4.49. The minimum atomic E-state index is -4.65. The predicted octanol–water partition coefficient (Wildman–Crippen LogP) is 2.96. The van der Waals surface area contributed by atoms with E-state index in [1.54, 1.807) is 13.8 Å². The van der Waals surface area contributed by atoms with Gasteiger partial charge in [0.05, 0.1) is 0 Å². The van der Waals surface area contributed by atoms with Crippen molar-refractivity contribution < 1.29 is 35.8 Å². The largest absolute Gasteiger partial charge is 0.454 e. The number of nitrogens with one attached hydrogen (secondary N) is 1. The first-order valence-electron chi connectivity index (χ1n) is 6.40. The Morgan fingerprint density at radius 3 is 1.70 bits per heavy atom. The van der Waals surface area contributed by atoms with Crippen LogP contribution in [0.15, 0.2) is 0 Å². The van der Waals surface area contributed by atoms with Gasteiger partial charge in [-0.25, -0.2) is 0 Å². The summed E-state index contributed by atoms with van der Waals surface area (Å²) in [6.07, 6.45) is -8.68. The zero-order chi connectivity index (χ0) is 17.7. The molecule has 0 amide bonds. The van der Waals surface area contributed by atoms with Crippen molar-refractivity contribution in [1.29, 1.82) is 0 Å². The number of ether oxygens (including phenoxy) is 2. The standard InChI is InChI=1S/C11H14F6N4O2/c1-3-6(2)18-7-19-8(22-4-10(12,13)14)21-9(20-7)23-5-11(15,16)17/h6H,3-5H2,1-2H3,(H,18,19,20,21)/t6-/m1/s1. The Bertz CT molecular complexity index is 472. The van der Waals surface area contributed by atoms with Crippen LogP contribution in [-0.4, -0.2) is 46.6 Å². The van der Waals surface area contributed by atoms with Crippen LogP contribution in [0.25, 0.3) is 0 Å². The molecule has 23 heavy (non-hydrogen) atoms. The number of hydrogen-bond acceptors (Lipinski definition) is 6. The topological polar surface area (TPSA) is 69.2 Å². The molecule has 1 atom stereocenters. The molecule has 0 spiro atoms. The van der Waals surface area contributed by atoms with Crippen molar-refractivity contribution in [3.05, 3.63) is 0 Å². The summed E-state index contributed by atoms with van der Waals surface area (Å²) in [7, 11) is 0. The normalized spacial score (nSPS) is 13.6. The summed E-state index contributed by atoms with van der Waals surface area (Å²) in [6.45, 7) is 0.133. The molecule has 12 heteroatoms. The number of anilines is 1. The van der Waals surface area contributed by atoms with Crippen molar-refractivity contribution in [2.24, 2.45) is 0 Å². The second kappa shape index (κ2) is 7.51. The molecule has 1 rings (SSSR count). The minimum Gasteiger partial charge on any atom is -0.454 e. The molecular weight excluding hydrogens is 334 g/mol. The molecule has 0 aromatic carbocycles. The first-order chi connectivity index (χ1) is 10.5. The van der Waals surface area contributed by atoms with Crippen molar-refractivity contribution in [3.63, 3.8) is 0 Å². The third-order valence-corrected chi connectivity index (χ3v) is 2.31. The quantitative estimate of drug-likeness (QED) is 0.764. The van der Waals surface area contributed by atoms with Crippen molar-refractivity contribution in [3.8, 4) is 12.0 Å². The summed E-state index contributed by atoms with van der Waals surface area (Å²) >= 11 is 0. The molecule has 0 aliphatic rings. The van der Waals surface area contributed by atoms with Gasteiger partial charge in [-0.15, -0.1) is 4.98 Å². The second-order valence-corrected chi connectivity index (χ2v) is 4.49. The van der Waals surface area contributed by atoms with E-state index in [4.69, 9.17) is 0 Å². The van der Waals surface area contributed by atoms with Gasteiger partial charge in [-0.05, 0) is 13.3 Å². The van der Waals surface area contributed by atoms with Crippen molar-refractivity contribution in [2.45, 2.75) is 38.7 Å². The lowest BCUT2D eigenvalue weighted by Crippen LogP contribution is -2.23. The van der Waals surface area contributed by atoms with Gasteiger partial charge < -0.3 is 14.8 Å². The molecule has 0 unspecified atom stereocenters. The van der Waals surface area contributed by atoms with E-state index in [9.17, 15) is 26.3 Å². The van der Waals surface area contributed by atoms with Gasteiger partial charge in [0.15, 0.2) is 13.2 Å². The highest BCUT2D eigenvalue weighted by Gasteiger charge is 2.31. The van der Waals surface area contributed by atoms with Crippen LogP contribution in [0.4, 0.5) is 32.3 Å². The Hall–Kier alpha value is -2.01. The summed E-state index contributed by atoms with van der Waals surface area (Å²) < 4.78 is 81.3. The fourth-order valence-corrected chi connectivity index (χ4v) is 1.15. The van der Waals surface area contributed by atoms with E-state index in [1.165, 1.54) is 0 Å². The Labute approximate surface area is 127 Å². The number of nitrogens with zero attached hydrogens (tertiary/aromatic N) is 3. The van der Waals surface area contributed by atoms with E-state index < -0.39 is 37.6 Å². The summed E-state index contributed by atoms with van der Waals surface area (Å²) in [4.78, 5) is 10.4. The summed E-state index contributed by atoms with van der Waals surface area (Å²) in [5.41, 5.74) is 0. The average Bonchev–Trinajstić information content (AvgIpc) is 2.41. The van der Waals surface area contributed by atoms with Gasteiger partial charge in [0.1, 0.15) is 0 Å². The van der Waals surface area contributed by atoms with Crippen LogP contribution < -0.4 is 14.8 Å². The fraction of sp³-hybridized carbons (Fsp3) is 0.727. The number of halogens is 6. The van der Waals surface area contributed by atoms with Gasteiger partial charge in [0.2, 0.25) is 5.95 Å². The molecule has 0 aliphatic carbocycles. The van der Waals surface area contributed by atoms with Crippen LogP contribution in [0.3, 0.4) is 0 Å². The van der Waals surface area contributed by atoms with Crippen LogP contribution in [0.2, 0.25) is 0 Å².